The van der Waals surface area contributed by atoms with Gasteiger partial charge in [-0.25, -0.2) is 0 Å². The lowest BCUT2D eigenvalue weighted by Gasteiger charge is -2.04. The van der Waals surface area contributed by atoms with E-state index < -0.39 is 0 Å². The van der Waals surface area contributed by atoms with Crippen molar-refractivity contribution in [2.75, 3.05) is 14.2 Å². The number of carbonyl (C=O) groups excluding carboxylic acids is 1. The van der Waals surface area contributed by atoms with E-state index in [0.717, 1.165) is 5.56 Å². The average Bonchev–Trinajstić information content (AvgIpc) is 2.37. The van der Waals surface area contributed by atoms with Crippen LogP contribution in [0.2, 0.25) is 0 Å². The van der Waals surface area contributed by atoms with E-state index in [0.29, 0.717) is 11.3 Å². The summed E-state index contributed by atoms with van der Waals surface area (Å²) in [6.07, 6.45) is 3.54. The Morgan fingerprint density at radius 2 is 2.24 bits per heavy atom. The van der Waals surface area contributed by atoms with Crippen LogP contribution < -0.4 is 4.74 Å². The van der Waals surface area contributed by atoms with Crippen LogP contribution in [0.15, 0.2) is 24.3 Å². The highest BCUT2D eigenvalue weighted by molar-refractivity contribution is 5.73. The van der Waals surface area contributed by atoms with Gasteiger partial charge in [-0.15, -0.1) is 0 Å². The molecule has 0 unspecified atom stereocenters. The summed E-state index contributed by atoms with van der Waals surface area (Å²) >= 11 is 0. The fourth-order valence-electron chi connectivity index (χ4n) is 1.34. The number of methoxy groups -OCH3 is 2. The SMILES string of the molecule is COC(=O)CC=Cc1cccc(OC)c1C#N. The number of esters is 1. The molecule has 1 aromatic carbocycles. The molecular formula is C13H13NO3. The molecular weight excluding hydrogens is 218 g/mol. The van der Waals surface area contributed by atoms with Gasteiger partial charge < -0.3 is 9.47 Å². The first-order valence-corrected chi connectivity index (χ1v) is 5.03. The Morgan fingerprint density at radius 1 is 1.47 bits per heavy atom. The van der Waals surface area contributed by atoms with Gasteiger partial charge in [0.05, 0.1) is 20.6 Å². The number of benzene rings is 1. The smallest absolute Gasteiger partial charge is 0.309 e. The van der Waals surface area contributed by atoms with Crippen LogP contribution in [0.1, 0.15) is 17.5 Å². The van der Waals surface area contributed by atoms with E-state index in [-0.39, 0.29) is 12.4 Å². The highest BCUT2D eigenvalue weighted by Crippen LogP contribution is 2.22. The van der Waals surface area contributed by atoms with E-state index in [1.165, 1.54) is 14.2 Å². The van der Waals surface area contributed by atoms with Gasteiger partial charge in [-0.1, -0.05) is 24.3 Å². The van der Waals surface area contributed by atoms with Crippen molar-refractivity contribution >= 4 is 12.0 Å². The second-order valence-electron chi connectivity index (χ2n) is 3.22. The zero-order valence-corrected chi connectivity index (χ0v) is 9.77. The van der Waals surface area contributed by atoms with Crippen LogP contribution in [0.5, 0.6) is 5.75 Å². The summed E-state index contributed by atoms with van der Waals surface area (Å²) in [6, 6.07) is 7.37. The third-order valence-electron chi connectivity index (χ3n) is 2.20. The molecule has 0 fully saturated rings. The maximum atomic E-state index is 10.9. The highest BCUT2D eigenvalue weighted by Gasteiger charge is 2.05. The van der Waals surface area contributed by atoms with Crippen molar-refractivity contribution in [3.8, 4) is 11.8 Å². The normalized spacial score (nSPS) is 9.94. The van der Waals surface area contributed by atoms with Crippen LogP contribution in [-0.2, 0) is 9.53 Å². The molecule has 1 aromatic rings. The van der Waals surface area contributed by atoms with Crippen molar-refractivity contribution in [3.05, 3.63) is 35.4 Å². The topological polar surface area (TPSA) is 59.3 Å². The molecule has 0 aromatic heterocycles. The largest absolute Gasteiger partial charge is 0.495 e. The van der Waals surface area contributed by atoms with Crippen LogP contribution >= 0.6 is 0 Å². The molecule has 0 aliphatic carbocycles. The number of carbonyl (C=O) groups is 1. The van der Waals surface area contributed by atoms with Crippen molar-refractivity contribution in [2.24, 2.45) is 0 Å². The summed E-state index contributed by atoms with van der Waals surface area (Å²) in [6.45, 7) is 0. The summed E-state index contributed by atoms with van der Waals surface area (Å²) in [7, 11) is 2.85. The summed E-state index contributed by atoms with van der Waals surface area (Å²) in [5.41, 5.74) is 1.17. The van der Waals surface area contributed by atoms with E-state index in [4.69, 9.17) is 10.00 Å². The van der Waals surface area contributed by atoms with Crippen molar-refractivity contribution in [1.82, 2.24) is 0 Å². The minimum atomic E-state index is -0.317. The van der Waals surface area contributed by atoms with E-state index in [2.05, 4.69) is 10.8 Å². The maximum absolute atomic E-state index is 10.9. The first-order valence-electron chi connectivity index (χ1n) is 5.03. The first kappa shape index (κ1) is 12.8. The summed E-state index contributed by atoms with van der Waals surface area (Å²) in [5.74, 6) is 0.204. The van der Waals surface area contributed by atoms with Crippen LogP contribution in [0.4, 0.5) is 0 Å². The van der Waals surface area contributed by atoms with Gasteiger partial charge in [-0.2, -0.15) is 5.26 Å². The van der Waals surface area contributed by atoms with Gasteiger partial charge in [-0.05, 0) is 11.6 Å². The summed E-state index contributed by atoms with van der Waals surface area (Å²) in [4.78, 5) is 10.9. The molecule has 4 heteroatoms. The average molecular weight is 231 g/mol. The van der Waals surface area contributed by atoms with Gasteiger partial charge in [0.1, 0.15) is 17.4 Å². The molecule has 0 bridgehead atoms. The monoisotopic (exact) mass is 231 g/mol. The van der Waals surface area contributed by atoms with Gasteiger partial charge in [0, 0.05) is 0 Å². The second kappa shape index (κ2) is 6.33. The molecule has 0 heterocycles. The lowest BCUT2D eigenvalue weighted by molar-refractivity contribution is -0.139. The van der Waals surface area contributed by atoms with Gasteiger partial charge in [0.25, 0.3) is 0 Å². The molecule has 0 aliphatic rings. The Bertz CT molecular complexity index is 472. The predicted octanol–water partition coefficient (Wildman–Crippen LogP) is 2.14. The zero-order chi connectivity index (χ0) is 12.7. The molecule has 0 atom stereocenters. The first-order chi connectivity index (χ1) is 8.22. The minimum Gasteiger partial charge on any atom is -0.495 e. The molecule has 88 valence electrons. The summed E-state index contributed by atoms with van der Waals surface area (Å²) < 4.78 is 9.59. The van der Waals surface area contributed by atoms with Crippen molar-refractivity contribution in [1.29, 1.82) is 5.26 Å². The fraction of sp³-hybridized carbons (Fsp3) is 0.231. The molecule has 1 rings (SSSR count). The lowest BCUT2D eigenvalue weighted by atomic mass is 10.1. The maximum Gasteiger partial charge on any atom is 0.309 e. The van der Waals surface area contributed by atoms with Gasteiger partial charge >= 0.3 is 5.97 Å². The van der Waals surface area contributed by atoms with E-state index in [9.17, 15) is 4.79 Å². The lowest BCUT2D eigenvalue weighted by Crippen LogP contribution is -1.96. The number of rotatable bonds is 4. The van der Waals surface area contributed by atoms with Crippen molar-refractivity contribution in [2.45, 2.75) is 6.42 Å². The predicted molar refractivity (Wildman–Crippen MR) is 63.4 cm³/mol. The van der Waals surface area contributed by atoms with Crippen molar-refractivity contribution < 1.29 is 14.3 Å². The summed E-state index contributed by atoms with van der Waals surface area (Å²) in [5, 5.41) is 9.03. The molecule has 0 saturated heterocycles. The minimum absolute atomic E-state index is 0.179. The number of hydrogen-bond donors (Lipinski definition) is 0. The van der Waals surface area contributed by atoms with Gasteiger partial charge in [0.15, 0.2) is 0 Å². The Kier molecular flexibility index (Phi) is 4.77. The number of ether oxygens (including phenoxy) is 2. The molecule has 17 heavy (non-hydrogen) atoms. The van der Waals surface area contributed by atoms with Gasteiger partial charge in [-0.3, -0.25) is 4.79 Å². The fourth-order valence-corrected chi connectivity index (χ4v) is 1.34. The van der Waals surface area contributed by atoms with Crippen LogP contribution in [0.25, 0.3) is 6.08 Å². The van der Waals surface area contributed by atoms with Crippen molar-refractivity contribution in [3.63, 3.8) is 0 Å². The zero-order valence-electron chi connectivity index (χ0n) is 9.77. The molecule has 0 radical (unpaired) electrons. The molecule has 0 amide bonds. The third kappa shape index (κ3) is 3.35. The molecule has 0 N–H and O–H groups in total. The van der Waals surface area contributed by atoms with E-state index in [1.54, 1.807) is 30.4 Å². The molecule has 0 aliphatic heterocycles. The third-order valence-corrected chi connectivity index (χ3v) is 2.20. The van der Waals surface area contributed by atoms with Crippen LogP contribution in [-0.4, -0.2) is 20.2 Å². The van der Waals surface area contributed by atoms with Crippen LogP contribution in [0, 0.1) is 11.3 Å². The highest BCUT2D eigenvalue weighted by atomic mass is 16.5. The van der Waals surface area contributed by atoms with Crippen LogP contribution in [0.3, 0.4) is 0 Å². The Hall–Kier alpha value is -2.28. The second-order valence-corrected chi connectivity index (χ2v) is 3.22. The van der Waals surface area contributed by atoms with E-state index in [1.807, 2.05) is 0 Å². The standard InChI is InChI=1S/C13H13NO3/c1-16-12-7-3-5-10(11(12)9-14)6-4-8-13(15)17-2/h3-7H,8H2,1-2H3. The van der Waals surface area contributed by atoms with E-state index >= 15 is 0 Å². The number of nitrogens with zero attached hydrogens (tertiary/aromatic N) is 1. The molecule has 0 spiro atoms. The molecule has 0 saturated carbocycles. The van der Waals surface area contributed by atoms with Gasteiger partial charge in [0.2, 0.25) is 0 Å². The number of nitriles is 1. The Morgan fingerprint density at radius 3 is 2.82 bits per heavy atom. The Labute approximate surface area is 100 Å². The Balaban J connectivity index is 2.92. The molecule has 4 nitrogen and oxygen atoms in total. The quantitative estimate of drug-likeness (QED) is 0.745. The number of hydrogen-bond acceptors (Lipinski definition) is 4.